The van der Waals surface area contributed by atoms with E-state index >= 15 is 0 Å². The van der Waals surface area contributed by atoms with E-state index in [0.29, 0.717) is 0 Å². The highest BCUT2D eigenvalue weighted by atomic mass is 16.3. The van der Waals surface area contributed by atoms with Gasteiger partial charge < -0.3 is 15.7 Å². The average Bonchev–Trinajstić information content (AvgIpc) is 1.98. The molecule has 4 heteroatoms. The smallest absolute Gasteiger partial charge is 0.315 e. The van der Waals surface area contributed by atoms with Crippen molar-refractivity contribution < 1.29 is 9.90 Å². The van der Waals surface area contributed by atoms with Gasteiger partial charge in [0.15, 0.2) is 0 Å². The maximum Gasteiger partial charge on any atom is 0.315 e. The number of aliphatic hydroxyl groups excluding tert-OH is 1. The van der Waals surface area contributed by atoms with E-state index in [-0.39, 0.29) is 24.7 Å². The van der Waals surface area contributed by atoms with Crippen LogP contribution in [0.15, 0.2) is 0 Å². The minimum absolute atomic E-state index is 0.0119. The molecule has 0 heterocycles. The average molecular weight is 174 g/mol. The van der Waals surface area contributed by atoms with Gasteiger partial charge in [-0.2, -0.15) is 0 Å². The van der Waals surface area contributed by atoms with Crippen LogP contribution in [0.1, 0.15) is 27.2 Å². The van der Waals surface area contributed by atoms with E-state index in [1.54, 1.807) is 0 Å². The van der Waals surface area contributed by atoms with Crippen LogP contribution in [0.3, 0.4) is 0 Å². The van der Waals surface area contributed by atoms with Gasteiger partial charge in [0.1, 0.15) is 0 Å². The number of hydrogen-bond acceptors (Lipinski definition) is 2. The highest BCUT2D eigenvalue weighted by molar-refractivity contribution is 5.74. The summed E-state index contributed by atoms with van der Waals surface area (Å²) in [5.41, 5.74) is 0. The van der Waals surface area contributed by atoms with Gasteiger partial charge >= 0.3 is 6.03 Å². The number of aliphatic hydroxyl groups is 1. The van der Waals surface area contributed by atoms with Crippen molar-refractivity contribution in [1.29, 1.82) is 0 Å². The van der Waals surface area contributed by atoms with E-state index in [1.807, 2.05) is 20.8 Å². The minimum Gasteiger partial charge on any atom is -0.394 e. The maximum absolute atomic E-state index is 11.0. The van der Waals surface area contributed by atoms with Crippen LogP contribution in [0.2, 0.25) is 0 Å². The first-order valence-corrected chi connectivity index (χ1v) is 4.28. The zero-order chi connectivity index (χ0) is 9.56. The molecule has 3 N–H and O–H groups in total. The lowest BCUT2D eigenvalue weighted by atomic mass is 10.2. The molecule has 0 bridgehead atoms. The van der Waals surface area contributed by atoms with Crippen LogP contribution in [0.5, 0.6) is 0 Å². The molecule has 0 aliphatic heterocycles. The summed E-state index contributed by atoms with van der Waals surface area (Å²) in [6, 6.07) is -0.226. The Morgan fingerprint density at radius 1 is 1.42 bits per heavy atom. The Balaban J connectivity index is 3.66. The van der Waals surface area contributed by atoms with Crippen LogP contribution >= 0.6 is 0 Å². The summed E-state index contributed by atoms with van der Waals surface area (Å²) >= 11 is 0. The molecule has 0 saturated heterocycles. The predicted octanol–water partition coefficient (Wildman–Crippen LogP) is 0.465. The highest BCUT2D eigenvalue weighted by Crippen LogP contribution is 1.88. The number of amides is 2. The number of rotatable bonds is 4. The molecule has 0 fully saturated rings. The van der Waals surface area contributed by atoms with Crippen LogP contribution in [0.25, 0.3) is 0 Å². The van der Waals surface area contributed by atoms with Crippen molar-refractivity contribution in [2.75, 3.05) is 6.61 Å². The zero-order valence-corrected chi connectivity index (χ0v) is 7.92. The number of carbonyl (C=O) groups is 1. The topological polar surface area (TPSA) is 61.4 Å². The molecule has 0 aromatic rings. The van der Waals surface area contributed by atoms with Crippen molar-refractivity contribution in [2.24, 2.45) is 0 Å². The lowest BCUT2D eigenvalue weighted by Gasteiger charge is -2.16. The Kier molecular flexibility index (Phi) is 5.45. The van der Waals surface area contributed by atoms with Crippen molar-refractivity contribution in [3.05, 3.63) is 0 Å². The van der Waals surface area contributed by atoms with Crippen molar-refractivity contribution >= 4 is 6.03 Å². The van der Waals surface area contributed by atoms with Gasteiger partial charge in [0.05, 0.1) is 12.6 Å². The second-order valence-corrected chi connectivity index (χ2v) is 3.06. The van der Waals surface area contributed by atoms with Gasteiger partial charge in [0, 0.05) is 6.04 Å². The summed E-state index contributed by atoms with van der Waals surface area (Å²) in [4.78, 5) is 11.0. The second-order valence-electron chi connectivity index (χ2n) is 3.06. The van der Waals surface area contributed by atoms with E-state index in [2.05, 4.69) is 10.6 Å². The fourth-order valence-corrected chi connectivity index (χ4v) is 0.766. The normalized spacial score (nSPS) is 12.8. The molecule has 0 rings (SSSR count). The summed E-state index contributed by atoms with van der Waals surface area (Å²) in [6.07, 6.45) is 0.738. The van der Waals surface area contributed by atoms with E-state index in [0.717, 1.165) is 6.42 Å². The summed E-state index contributed by atoms with van der Waals surface area (Å²) in [5.74, 6) is 0. The van der Waals surface area contributed by atoms with E-state index < -0.39 is 0 Å². The number of hydrogen-bond donors (Lipinski definition) is 3. The van der Waals surface area contributed by atoms with E-state index in [9.17, 15) is 4.79 Å². The number of carbonyl (C=O) groups excluding carboxylic acids is 1. The first-order chi connectivity index (χ1) is 5.60. The van der Waals surface area contributed by atoms with E-state index in [4.69, 9.17) is 5.11 Å². The summed E-state index contributed by atoms with van der Waals surface area (Å²) < 4.78 is 0. The first kappa shape index (κ1) is 11.2. The predicted molar refractivity (Wildman–Crippen MR) is 48.0 cm³/mol. The quantitative estimate of drug-likeness (QED) is 0.580. The molecule has 12 heavy (non-hydrogen) atoms. The van der Waals surface area contributed by atoms with Gasteiger partial charge in [0.25, 0.3) is 0 Å². The van der Waals surface area contributed by atoms with Gasteiger partial charge in [-0.1, -0.05) is 6.92 Å². The Hall–Kier alpha value is -0.770. The van der Waals surface area contributed by atoms with Gasteiger partial charge in [0.2, 0.25) is 0 Å². The molecule has 0 unspecified atom stereocenters. The molecule has 0 aromatic carbocycles. The standard InChI is InChI=1S/C8H18N2O2/c1-4-7(5-11)10-8(12)9-6(2)3/h6-7,11H,4-5H2,1-3H3,(H2,9,10,12)/t7-/m1/s1. The van der Waals surface area contributed by atoms with Gasteiger partial charge in [-0.25, -0.2) is 4.79 Å². The molecule has 0 aliphatic rings. The Bertz CT molecular complexity index is 133. The number of nitrogens with one attached hydrogen (secondary N) is 2. The van der Waals surface area contributed by atoms with Crippen LogP contribution in [-0.4, -0.2) is 29.8 Å². The van der Waals surface area contributed by atoms with Gasteiger partial charge in [-0.05, 0) is 20.3 Å². The molecule has 0 aliphatic carbocycles. The summed E-state index contributed by atoms with van der Waals surface area (Å²) in [7, 11) is 0. The second kappa shape index (κ2) is 5.83. The molecule has 0 aromatic heterocycles. The maximum atomic E-state index is 11.0. The Labute approximate surface area is 73.3 Å². The highest BCUT2D eigenvalue weighted by Gasteiger charge is 2.08. The molecule has 72 valence electrons. The number of urea groups is 1. The van der Waals surface area contributed by atoms with Crippen molar-refractivity contribution in [2.45, 2.75) is 39.3 Å². The van der Waals surface area contributed by atoms with Crippen LogP contribution in [-0.2, 0) is 0 Å². The van der Waals surface area contributed by atoms with Crippen LogP contribution in [0, 0.1) is 0 Å². The third-order valence-electron chi connectivity index (χ3n) is 1.47. The fourth-order valence-electron chi connectivity index (χ4n) is 0.766. The fraction of sp³-hybridized carbons (Fsp3) is 0.875. The molecular formula is C8H18N2O2. The molecule has 2 amide bonds. The van der Waals surface area contributed by atoms with Gasteiger partial charge in [-0.15, -0.1) is 0 Å². The van der Waals surface area contributed by atoms with Gasteiger partial charge in [-0.3, -0.25) is 0 Å². The van der Waals surface area contributed by atoms with Crippen LogP contribution < -0.4 is 10.6 Å². The molecule has 0 saturated carbocycles. The van der Waals surface area contributed by atoms with Crippen LogP contribution in [0.4, 0.5) is 4.79 Å². The Morgan fingerprint density at radius 2 is 2.00 bits per heavy atom. The summed E-state index contributed by atoms with van der Waals surface area (Å²) in [5, 5.41) is 14.1. The van der Waals surface area contributed by atoms with Crippen molar-refractivity contribution in [1.82, 2.24) is 10.6 Å². The lowest BCUT2D eigenvalue weighted by molar-refractivity contribution is 0.213. The molecular weight excluding hydrogens is 156 g/mol. The summed E-state index contributed by atoms with van der Waals surface area (Å²) in [6.45, 7) is 5.68. The molecule has 0 spiro atoms. The molecule has 0 radical (unpaired) electrons. The monoisotopic (exact) mass is 174 g/mol. The van der Waals surface area contributed by atoms with E-state index in [1.165, 1.54) is 0 Å². The molecule has 4 nitrogen and oxygen atoms in total. The van der Waals surface area contributed by atoms with Crippen molar-refractivity contribution in [3.63, 3.8) is 0 Å². The third-order valence-corrected chi connectivity index (χ3v) is 1.47. The molecule has 1 atom stereocenters. The van der Waals surface area contributed by atoms with Crippen molar-refractivity contribution in [3.8, 4) is 0 Å². The first-order valence-electron chi connectivity index (χ1n) is 4.28. The Morgan fingerprint density at radius 3 is 2.33 bits per heavy atom. The lowest BCUT2D eigenvalue weighted by Crippen LogP contribution is -2.45. The largest absolute Gasteiger partial charge is 0.394 e. The third kappa shape index (κ3) is 4.96. The SMILES string of the molecule is CC[C@H](CO)NC(=O)NC(C)C. The minimum atomic E-state index is -0.217. The zero-order valence-electron chi connectivity index (χ0n) is 7.92.